The zero-order chi connectivity index (χ0) is 14.7. The van der Waals surface area contributed by atoms with Crippen molar-refractivity contribution in [3.63, 3.8) is 0 Å². The van der Waals surface area contributed by atoms with E-state index >= 15 is 0 Å². The maximum absolute atomic E-state index is 6.06. The molecule has 21 heavy (non-hydrogen) atoms. The van der Waals surface area contributed by atoms with Gasteiger partial charge in [-0.1, -0.05) is 19.8 Å². The number of fused-ring (bicyclic) bond motifs is 1. The highest BCUT2D eigenvalue weighted by Crippen LogP contribution is 2.31. The van der Waals surface area contributed by atoms with Crippen LogP contribution in [0.3, 0.4) is 0 Å². The molecule has 1 aromatic rings. The first-order valence-corrected chi connectivity index (χ1v) is 8.19. The molecule has 3 rings (SSSR count). The predicted molar refractivity (Wildman–Crippen MR) is 83.0 cm³/mol. The highest BCUT2D eigenvalue weighted by atomic mass is 35.5. The summed E-state index contributed by atoms with van der Waals surface area (Å²) < 4.78 is 5.90. The Hall–Kier alpha value is -1.14. The maximum Gasteiger partial charge on any atom is 0.231 e. The van der Waals surface area contributed by atoms with Crippen molar-refractivity contribution in [3.05, 3.63) is 5.28 Å². The molecule has 0 aromatic carbocycles. The molecule has 2 aliphatic rings. The smallest absolute Gasteiger partial charge is 0.231 e. The summed E-state index contributed by atoms with van der Waals surface area (Å²) >= 11 is 6.06. The summed E-state index contributed by atoms with van der Waals surface area (Å²) in [5.41, 5.74) is 0. The second-order valence-electron chi connectivity index (χ2n) is 5.61. The van der Waals surface area contributed by atoms with E-state index < -0.39 is 0 Å². The molecule has 1 aromatic heterocycles. The Morgan fingerprint density at radius 2 is 2.14 bits per heavy atom. The molecule has 0 bridgehead atoms. The highest BCUT2D eigenvalue weighted by molar-refractivity contribution is 6.28. The molecule has 2 heterocycles. The van der Waals surface area contributed by atoms with Gasteiger partial charge in [0.25, 0.3) is 0 Å². The van der Waals surface area contributed by atoms with Crippen molar-refractivity contribution in [1.82, 2.24) is 15.0 Å². The Bertz CT molecular complexity index is 484. The van der Waals surface area contributed by atoms with Gasteiger partial charge in [-0.3, -0.25) is 0 Å². The number of rotatable bonds is 4. The average molecular weight is 312 g/mol. The van der Waals surface area contributed by atoms with E-state index in [1.165, 1.54) is 12.8 Å². The van der Waals surface area contributed by atoms with Crippen LogP contribution in [0.4, 0.5) is 11.9 Å². The lowest BCUT2D eigenvalue weighted by molar-refractivity contribution is -0.00932. The third kappa shape index (κ3) is 3.37. The summed E-state index contributed by atoms with van der Waals surface area (Å²) in [5, 5.41) is 3.43. The minimum absolute atomic E-state index is 0.248. The second-order valence-corrected chi connectivity index (χ2v) is 5.95. The van der Waals surface area contributed by atoms with Gasteiger partial charge >= 0.3 is 0 Å². The van der Waals surface area contributed by atoms with Crippen molar-refractivity contribution in [2.75, 3.05) is 29.9 Å². The van der Waals surface area contributed by atoms with E-state index in [9.17, 15) is 0 Å². The van der Waals surface area contributed by atoms with Crippen LogP contribution in [-0.4, -0.2) is 46.8 Å². The maximum atomic E-state index is 6.06. The van der Waals surface area contributed by atoms with E-state index in [0.29, 0.717) is 24.0 Å². The Kier molecular flexibility index (Phi) is 4.75. The largest absolute Gasteiger partial charge is 0.374 e. The van der Waals surface area contributed by atoms with Crippen LogP contribution in [0.1, 0.15) is 39.0 Å². The third-order valence-corrected chi connectivity index (χ3v) is 4.29. The fraction of sp³-hybridized carbons (Fsp3) is 0.786. The molecule has 1 N–H and O–H groups in total. The summed E-state index contributed by atoms with van der Waals surface area (Å²) in [6, 6.07) is 0.366. The van der Waals surface area contributed by atoms with Gasteiger partial charge in [0.1, 0.15) is 0 Å². The van der Waals surface area contributed by atoms with E-state index in [2.05, 4.69) is 32.1 Å². The van der Waals surface area contributed by atoms with Gasteiger partial charge in [-0.05, 0) is 30.9 Å². The summed E-state index contributed by atoms with van der Waals surface area (Å²) in [6.07, 6.45) is 6.06. The van der Waals surface area contributed by atoms with Gasteiger partial charge in [-0.25, -0.2) is 0 Å². The highest BCUT2D eigenvalue weighted by Gasteiger charge is 2.35. The Balaban J connectivity index is 1.82. The number of anilines is 2. The molecule has 2 fully saturated rings. The second kappa shape index (κ2) is 6.75. The lowest BCUT2D eigenvalue weighted by Crippen LogP contribution is -2.53. The van der Waals surface area contributed by atoms with Crippen molar-refractivity contribution in [2.24, 2.45) is 0 Å². The van der Waals surface area contributed by atoms with Gasteiger partial charge in [0.15, 0.2) is 0 Å². The molecule has 1 saturated heterocycles. The molecule has 2 unspecified atom stereocenters. The van der Waals surface area contributed by atoms with Crippen LogP contribution in [0.2, 0.25) is 5.28 Å². The zero-order valence-electron chi connectivity index (χ0n) is 12.4. The minimum atomic E-state index is 0.248. The van der Waals surface area contributed by atoms with Crippen LogP contribution in [0.5, 0.6) is 0 Å². The Morgan fingerprint density at radius 1 is 1.29 bits per heavy atom. The molecule has 1 aliphatic carbocycles. The standard InChI is InChI=1S/C14H22ClN5O/c1-2-7-16-13-17-12(15)18-14(19-13)20-8-9-21-11-6-4-3-5-10(11)20/h10-11H,2-9H2,1H3,(H,16,17,18,19). The van der Waals surface area contributed by atoms with Gasteiger partial charge in [0, 0.05) is 13.1 Å². The molecular weight excluding hydrogens is 290 g/mol. The van der Waals surface area contributed by atoms with E-state index in [0.717, 1.165) is 39.0 Å². The van der Waals surface area contributed by atoms with E-state index in [1.54, 1.807) is 0 Å². The fourth-order valence-corrected chi connectivity index (χ4v) is 3.28. The molecule has 0 radical (unpaired) electrons. The van der Waals surface area contributed by atoms with Crippen LogP contribution < -0.4 is 10.2 Å². The van der Waals surface area contributed by atoms with Crippen LogP contribution >= 0.6 is 11.6 Å². The molecule has 7 heteroatoms. The summed E-state index contributed by atoms with van der Waals surface area (Å²) in [7, 11) is 0. The number of ether oxygens (including phenoxy) is 1. The predicted octanol–water partition coefficient (Wildman–Crippen LogP) is 2.49. The molecular formula is C14H22ClN5O. The minimum Gasteiger partial charge on any atom is -0.374 e. The summed E-state index contributed by atoms with van der Waals surface area (Å²) in [6.45, 7) is 4.47. The van der Waals surface area contributed by atoms with Crippen molar-refractivity contribution in [2.45, 2.75) is 51.2 Å². The molecule has 1 aliphatic heterocycles. The van der Waals surface area contributed by atoms with Crippen molar-refractivity contribution < 1.29 is 4.74 Å². The molecule has 116 valence electrons. The fourth-order valence-electron chi connectivity index (χ4n) is 3.13. The third-order valence-electron chi connectivity index (χ3n) is 4.12. The van der Waals surface area contributed by atoms with Gasteiger partial charge in [-0.15, -0.1) is 0 Å². The molecule has 6 nitrogen and oxygen atoms in total. The Morgan fingerprint density at radius 3 is 3.00 bits per heavy atom. The quantitative estimate of drug-likeness (QED) is 0.921. The average Bonchev–Trinajstić information content (AvgIpc) is 2.52. The monoisotopic (exact) mass is 311 g/mol. The van der Waals surface area contributed by atoms with Gasteiger partial charge in [0.05, 0.1) is 18.8 Å². The number of halogens is 1. The first-order chi connectivity index (χ1) is 10.3. The van der Waals surface area contributed by atoms with Crippen LogP contribution in [-0.2, 0) is 4.74 Å². The molecule has 2 atom stereocenters. The van der Waals surface area contributed by atoms with E-state index in [-0.39, 0.29) is 5.28 Å². The van der Waals surface area contributed by atoms with E-state index in [4.69, 9.17) is 16.3 Å². The van der Waals surface area contributed by atoms with Crippen LogP contribution in [0.15, 0.2) is 0 Å². The van der Waals surface area contributed by atoms with E-state index in [1.807, 2.05) is 0 Å². The van der Waals surface area contributed by atoms with Gasteiger partial charge in [-0.2, -0.15) is 15.0 Å². The number of aromatic nitrogens is 3. The summed E-state index contributed by atoms with van der Waals surface area (Å²) in [5.74, 6) is 1.24. The first kappa shape index (κ1) is 14.8. The lowest BCUT2D eigenvalue weighted by atomic mass is 9.90. The number of hydrogen-bond donors (Lipinski definition) is 1. The van der Waals surface area contributed by atoms with Gasteiger partial charge < -0.3 is 15.0 Å². The molecule has 1 saturated carbocycles. The normalized spacial score (nSPS) is 25.5. The lowest BCUT2D eigenvalue weighted by Gasteiger charge is -2.43. The summed E-state index contributed by atoms with van der Waals surface area (Å²) in [4.78, 5) is 15.3. The van der Waals surface area contributed by atoms with Crippen molar-refractivity contribution in [3.8, 4) is 0 Å². The SMILES string of the molecule is CCCNc1nc(Cl)nc(N2CCOC3CCCCC32)n1. The number of nitrogens with zero attached hydrogens (tertiary/aromatic N) is 4. The van der Waals surface area contributed by atoms with Crippen molar-refractivity contribution >= 4 is 23.5 Å². The molecule has 0 spiro atoms. The van der Waals surface area contributed by atoms with Crippen molar-refractivity contribution in [1.29, 1.82) is 0 Å². The number of morpholine rings is 1. The topological polar surface area (TPSA) is 63.2 Å². The molecule has 0 amide bonds. The zero-order valence-corrected chi connectivity index (χ0v) is 13.1. The Labute approximate surface area is 130 Å². The van der Waals surface area contributed by atoms with Crippen LogP contribution in [0, 0.1) is 0 Å². The first-order valence-electron chi connectivity index (χ1n) is 7.81. The van der Waals surface area contributed by atoms with Crippen LogP contribution in [0.25, 0.3) is 0 Å². The number of hydrogen-bond acceptors (Lipinski definition) is 6. The number of nitrogens with one attached hydrogen (secondary N) is 1. The van der Waals surface area contributed by atoms with Gasteiger partial charge in [0.2, 0.25) is 17.2 Å².